The Balaban J connectivity index is 2.01. The molecule has 0 radical (unpaired) electrons. The Kier molecular flexibility index (Phi) is 2.61. The number of hydrogen-bond donors (Lipinski definition) is 1. The first kappa shape index (κ1) is 10.4. The molecule has 0 aromatic carbocycles. The molecule has 2 heteroatoms. The van der Waals surface area contributed by atoms with Crippen LogP contribution in [-0.2, 0) is 0 Å². The Bertz CT molecular complexity index is 210. The van der Waals surface area contributed by atoms with Crippen LogP contribution in [0.3, 0.4) is 0 Å². The van der Waals surface area contributed by atoms with Gasteiger partial charge in [-0.3, -0.25) is 4.90 Å². The van der Waals surface area contributed by atoms with Gasteiger partial charge in [-0.15, -0.1) is 0 Å². The van der Waals surface area contributed by atoms with Crippen LogP contribution >= 0.6 is 0 Å². The number of rotatable bonds is 1. The zero-order valence-corrected chi connectivity index (χ0v) is 10.0. The third-order valence-electron chi connectivity index (χ3n) is 4.20. The van der Waals surface area contributed by atoms with Gasteiger partial charge in [0.15, 0.2) is 0 Å². The second-order valence-corrected chi connectivity index (χ2v) is 5.96. The Hall–Kier alpha value is -0.0800. The first-order valence-corrected chi connectivity index (χ1v) is 5.98. The maximum atomic E-state index is 3.69. The molecule has 0 saturated carbocycles. The Morgan fingerprint density at radius 3 is 2.71 bits per heavy atom. The predicted octanol–water partition coefficient (Wildman–Crippen LogP) is 1.71. The summed E-state index contributed by atoms with van der Waals surface area (Å²) in [6, 6.07) is 1.46. The van der Waals surface area contributed by atoms with Gasteiger partial charge in [-0.25, -0.2) is 0 Å². The summed E-state index contributed by atoms with van der Waals surface area (Å²) in [4.78, 5) is 2.61. The molecule has 2 fully saturated rings. The molecule has 2 aliphatic rings. The Morgan fingerprint density at radius 2 is 2.07 bits per heavy atom. The van der Waals surface area contributed by atoms with Crippen LogP contribution in [0.5, 0.6) is 0 Å². The number of nitrogens with one attached hydrogen (secondary N) is 1. The molecular formula is C12H24N2. The van der Waals surface area contributed by atoms with Gasteiger partial charge in [0, 0.05) is 25.2 Å². The lowest BCUT2D eigenvalue weighted by atomic mass is 9.75. The maximum absolute atomic E-state index is 3.69. The number of hydrogen-bond acceptors (Lipinski definition) is 2. The molecule has 2 heterocycles. The second kappa shape index (κ2) is 3.49. The number of piperidine rings is 1. The van der Waals surface area contributed by atoms with Crippen molar-refractivity contribution in [2.75, 3.05) is 19.6 Å². The standard InChI is InChI=1S/C12H24N2/c1-9(2)14-6-5-10-11(7-14)13-8-12(10,3)4/h9-11,13H,5-8H2,1-4H3. The average molecular weight is 196 g/mol. The molecule has 0 bridgehead atoms. The van der Waals surface area contributed by atoms with Gasteiger partial charge in [-0.1, -0.05) is 13.8 Å². The molecule has 2 aliphatic heterocycles. The fourth-order valence-corrected chi connectivity index (χ4v) is 3.11. The Labute approximate surface area is 88.1 Å². The highest BCUT2D eigenvalue weighted by Crippen LogP contribution is 2.39. The smallest absolute Gasteiger partial charge is 0.0229 e. The molecule has 2 unspecified atom stereocenters. The van der Waals surface area contributed by atoms with Gasteiger partial charge >= 0.3 is 0 Å². The highest BCUT2D eigenvalue weighted by Gasteiger charge is 2.44. The summed E-state index contributed by atoms with van der Waals surface area (Å²) in [5, 5.41) is 3.69. The topological polar surface area (TPSA) is 15.3 Å². The second-order valence-electron chi connectivity index (χ2n) is 5.96. The Morgan fingerprint density at radius 1 is 1.36 bits per heavy atom. The van der Waals surface area contributed by atoms with Gasteiger partial charge in [-0.05, 0) is 38.1 Å². The highest BCUT2D eigenvalue weighted by molar-refractivity contribution is 5.00. The van der Waals surface area contributed by atoms with Crippen molar-refractivity contribution >= 4 is 0 Å². The summed E-state index contributed by atoms with van der Waals surface area (Å²) < 4.78 is 0. The number of nitrogens with zero attached hydrogens (tertiary/aromatic N) is 1. The molecule has 0 aromatic rings. The summed E-state index contributed by atoms with van der Waals surface area (Å²) in [6.07, 6.45) is 1.38. The fourth-order valence-electron chi connectivity index (χ4n) is 3.11. The van der Waals surface area contributed by atoms with Crippen LogP contribution in [-0.4, -0.2) is 36.6 Å². The van der Waals surface area contributed by atoms with Crippen LogP contribution in [0.2, 0.25) is 0 Å². The van der Waals surface area contributed by atoms with Gasteiger partial charge in [0.1, 0.15) is 0 Å². The van der Waals surface area contributed by atoms with E-state index in [9.17, 15) is 0 Å². The molecule has 2 atom stereocenters. The van der Waals surface area contributed by atoms with Crippen LogP contribution in [0.15, 0.2) is 0 Å². The summed E-state index contributed by atoms with van der Waals surface area (Å²) in [6.45, 7) is 13.2. The van der Waals surface area contributed by atoms with E-state index in [1.54, 1.807) is 0 Å². The van der Waals surface area contributed by atoms with Crippen molar-refractivity contribution in [3.63, 3.8) is 0 Å². The first-order valence-electron chi connectivity index (χ1n) is 5.98. The van der Waals surface area contributed by atoms with E-state index in [4.69, 9.17) is 0 Å². The van der Waals surface area contributed by atoms with Crippen molar-refractivity contribution in [3.8, 4) is 0 Å². The molecule has 2 nitrogen and oxygen atoms in total. The van der Waals surface area contributed by atoms with Crippen molar-refractivity contribution in [1.82, 2.24) is 10.2 Å². The van der Waals surface area contributed by atoms with Crippen molar-refractivity contribution < 1.29 is 0 Å². The molecule has 14 heavy (non-hydrogen) atoms. The summed E-state index contributed by atoms with van der Waals surface area (Å²) in [5.74, 6) is 0.900. The predicted molar refractivity (Wildman–Crippen MR) is 60.4 cm³/mol. The lowest BCUT2D eigenvalue weighted by Gasteiger charge is -2.40. The molecule has 0 amide bonds. The summed E-state index contributed by atoms with van der Waals surface area (Å²) in [7, 11) is 0. The van der Waals surface area contributed by atoms with Gasteiger partial charge in [-0.2, -0.15) is 0 Å². The monoisotopic (exact) mass is 196 g/mol. The van der Waals surface area contributed by atoms with Gasteiger partial charge in [0.25, 0.3) is 0 Å². The maximum Gasteiger partial charge on any atom is 0.0229 e. The molecule has 0 spiro atoms. The normalized spacial score (nSPS) is 37.5. The first-order chi connectivity index (χ1) is 6.50. The van der Waals surface area contributed by atoms with E-state index in [0.717, 1.165) is 12.0 Å². The quantitative estimate of drug-likeness (QED) is 0.687. The largest absolute Gasteiger partial charge is 0.312 e. The van der Waals surface area contributed by atoms with Gasteiger partial charge in [0.2, 0.25) is 0 Å². The van der Waals surface area contributed by atoms with Crippen molar-refractivity contribution in [3.05, 3.63) is 0 Å². The van der Waals surface area contributed by atoms with E-state index in [1.807, 2.05) is 0 Å². The lowest BCUT2D eigenvalue weighted by molar-refractivity contribution is 0.100. The van der Waals surface area contributed by atoms with E-state index >= 15 is 0 Å². The van der Waals surface area contributed by atoms with Gasteiger partial charge < -0.3 is 5.32 Å². The minimum atomic E-state index is 0.522. The van der Waals surface area contributed by atoms with Crippen molar-refractivity contribution in [1.29, 1.82) is 0 Å². The van der Waals surface area contributed by atoms with Crippen molar-refractivity contribution in [2.24, 2.45) is 11.3 Å². The van der Waals surface area contributed by atoms with Crippen LogP contribution in [0, 0.1) is 11.3 Å². The molecule has 82 valence electrons. The third-order valence-corrected chi connectivity index (χ3v) is 4.20. The third kappa shape index (κ3) is 1.70. The lowest BCUT2D eigenvalue weighted by Crippen LogP contribution is -2.49. The van der Waals surface area contributed by atoms with E-state index in [-0.39, 0.29) is 0 Å². The fraction of sp³-hybridized carbons (Fsp3) is 1.00. The minimum Gasteiger partial charge on any atom is -0.312 e. The number of likely N-dealkylation sites (tertiary alicyclic amines) is 1. The zero-order chi connectivity index (χ0) is 10.3. The van der Waals surface area contributed by atoms with Crippen LogP contribution in [0.25, 0.3) is 0 Å². The minimum absolute atomic E-state index is 0.522. The van der Waals surface area contributed by atoms with E-state index in [2.05, 4.69) is 37.9 Å². The summed E-state index contributed by atoms with van der Waals surface area (Å²) in [5.41, 5.74) is 0.522. The molecule has 0 aliphatic carbocycles. The van der Waals surface area contributed by atoms with Crippen LogP contribution in [0.1, 0.15) is 34.1 Å². The van der Waals surface area contributed by atoms with E-state index in [1.165, 1.54) is 26.1 Å². The molecule has 1 N–H and O–H groups in total. The molecule has 2 rings (SSSR count). The van der Waals surface area contributed by atoms with Crippen LogP contribution in [0.4, 0.5) is 0 Å². The number of fused-ring (bicyclic) bond motifs is 1. The molecule has 0 aromatic heterocycles. The van der Waals surface area contributed by atoms with Gasteiger partial charge in [0.05, 0.1) is 0 Å². The van der Waals surface area contributed by atoms with E-state index in [0.29, 0.717) is 11.5 Å². The van der Waals surface area contributed by atoms with Crippen LogP contribution < -0.4 is 5.32 Å². The molecule has 2 saturated heterocycles. The summed E-state index contributed by atoms with van der Waals surface area (Å²) >= 11 is 0. The highest BCUT2D eigenvalue weighted by atomic mass is 15.2. The zero-order valence-electron chi connectivity index (χ0n) is 10.0. The average Bonchev–Trinajstić information content (AvgIpc) is 2.42. The SMILES string of the molecule is CC(C)N1CCC2C(C1)NCC2(C)C. The van der Waals surface area contributed by atoms with Crippen molar-refractivity contribution in [2.45, 2.75) is 46.2 Å². The molecular weight excluding hydrogens is 172 g/mol. The van der Waals surface area contributed by atoms with E-state index < -0.39 is 0 Å².